The molecule has 0 amide bonds. The van der Waals surface area contributed by atoms with Crippen LogP contribution in [0.4, 0.5) is 4.39 Å². The van der Waals surface area contributed by atoms with Crippen LogP contribution in [-0.2, 0) is 25.7 Å². The highest BCUT2D eigenvalue weighted by Crippen LogP contribution is 2.30. The van der Waals surface area contributed by atoms with E-state index in [2.05, 4.69) is 62.0 Å². The van der Waals surface area contributed by atoms with Gasteiger partial charge in [-0.1, -0.05) is 105 Å². The number of hydrogen-bond donors (Lipinski definition) is 0. The quantitative estimate of drug-likeness (QED) is 0.158. The smallest absolute Gasteiger partial charge is 0.138 e. The molecule has 0 unspecified atom stereocenters. The Bertz CT molecular complexity index is 1220. The topological polar surface area (TPSA) is 0 Å². The van der Waals surface area contributed by atoms with Gasteiger partial charge < -0.3 is 0 Å². The molecule has 0 aromatic heterocycles. The first-order chi connectivity index (χ1) is 16.7. The van der Waals surface area contributed by atoms with Crippen molar-refractivity contribution < 1.29 is 4.39 Å². The Morgan fingerprint density at radius 2 is 1.29 bits per heavy atom. The van der Waals surface area contributed by atoms with Crippen molar-refractivity contribution in [2.75, 3.05) is 0 Å². The Kier molecular flexibility index (Phi) is 8.31. The van der Waals surface area contributed by atoms with Crippen LogP contribution >= 0.6 is 0 Å². The zero-order valence-electron chi connectivity index (χ0n) is 20.3. The molecular formula is C33H35F. The summed E-state index contributed by atoms with van der Waals surface area (Å²) in [6.45, 7) is 6.02. The van der Waals surface area contributed by atoms with Gasteiger partial charge in [-0.15, -0.1) is 6.58 Å². The van der Waals surface area contributed by atoms with Gasteiger partial charge in [-0.25, -0.2) is 4.39 Å². The molecule has 0 atom stereocenters. The Morgan fingerprint density at radius 1 is 0.676 bits per heavy atom. The molecule has 34 heavy (non-hydrogen) atoms. The van der Waals surface area contributed by atoms with Crippen LogP contribution in [0.15, 0.2) is 91.5 Å². The van der Waals surface area contributed by atoms with Gasteiger partial charge in [0.15, 0.2) is 0 Å². The van der Waals surface area contributed by atoms with E-state index in [-0.39, 0.29) is 5.82 Å². The van der Waals surface area contributed by atoms with E-state index in [9.17, 15) is 0 Å². The summed E-state index contributed by atoms with van der Waals surface area (Å²) in [7, 11) is 0. The Hall–Kier alpha value is -3.19. The zero-order chi connectivity index (χ0) is 23.8. The van der Waals surface area contributed by atoms with Crippen LogP contribution in [0.2, 0.25) is 0 Å². The van der Waals surface area contributed by atoms with Gasteiger partial charge >= 0.3 is 0 Å². The lowest BCUT2D eigenvalue weighted by Crippen LogP contribution is -1.94. The first-order valence-corrected chi connectivity index (χ1v) is 12.7. The Labute approximate surface area is 204 Å². The minimum atomic E-state index is -0.137. The van der Waals surface area contributed by atoms with E-state index >= 15 is 4.39 Å². The molecule has 0 N–H and O–H groups in total. The number of benzene rings is 4. The van der Waals surface area contributed by atoms with Crippen LogP contribution in [0.3, 0.4) is 0 Å². The fourth-order valence-corrected chi connectivity index (χ4v) is 4.58. The second-order valence-corrected chi connectivity index (χ2v) is 9.28. The minimum Gasteiger partial charge on any atom is -0.206 e. The van der Waals surface area contributed by atoms with Crippen molar-refractivity contribution in [2.24, 2.45) is 0 Å². The summed E-state index contributed by atoms with van der Waals surface area (Å²) in [6, 6.07) is 27.4. The van der Waals surface area contributed by atoms with E-state index in [0.717, 1.165) is 36.6 Å². The molecule has 4 aromatic rings. The maximum Gasteiger partial charge on any atom is 0.138 e. The van der Waals surface area contributed by atoms with Gasteiger partial charge in [0.1, 0.15) is 5.82 Å². The number of rotatable bonds is 11. The van der Waals surface area contributed by atoms with Crippen LogP contribution in [0.1, 0.15) is 54.9 Å². The molecule has 0 saturated carbocycles. The summed E-state index contributed by atoms with van der Waals surface area (Å²) >= 11 is 0. The molecular weight excluding hydrogens is 415 g/mol. The first kappa shape index (κ1) is 24.0. The lowest BCUT2D eigenvalue weighted by Gasteiger charge is -2.10. The monoisotopic (exact) mass is 450 g/mol. The normalized spacial score (nSPS) is 11.1. The van der Waals surface area contributed by atoms with Gasteiger partial charge in [-0.2, -0.15) is 0 Å². The zero-order valence-corrected chi connectivity index (χ0v) is 20.3. The summed E-state index contributed by atoms with van der Waals surface area (Å²) in [4.78, 5) is 0. The van der Waals surface area contributed by atoms with Crippen molar-refractivity contribution in [3.8, 4) is 11.1 Å². The predicted octanol–water partition coefficient (Wildman–Crippen LogP) is 9.28. The highest BCUT2D eigenvalue weighted by molar-refractivity contribution is 5.88. The third kappa shape index (κ3) is 6.03. The molecule has 0 aliphatic rings. The highest BCUT2D eigenvalue weighted by Gasteiger charge is 2.10. The molecule has 0 heterocycles. The van der Waals surface area contributed by atoms with E-state index in [1.807, 2.05) is 36.4 Å². The largest absolute Gasteiger partial charge is 0.206 e. The molecule has 1 heteroatoms. The maximum atomic E-state index is 15.4. The number of aryl methyl sites for hydroxylation is 4. The average Bonchev–Trinajstić information content (AvgIpc) is 2.88. The van der Waals surface area contributed by atoms with E-state index in [1.165, 1.54) is 47.9 Å². The van der Waals surface area contributed by atoms with Gasteiger partial charge in [0, 0.05) is 10.9 Å². The molecule has 4 aromatic carbocycles. The molecule has 0 spiro atoms. The van der Waals surface area contributed by atoms with Crippen LogP contribution in [0.5, 0.6) is 0 Å². The number of allylic oxidation sites excluding steroid dienone is 1. The summed E-state index contributed by atoms with van der Waals surface area (Å²) < 4.78 is 15.4. The van der Waals surface area contributed by atoms with Crippen molar-refractivity contribution in [3.63, 3.8) is 0 Å². The fraction of sp³-hybridized carbons (Fsp3) is 0.273. The van der Waals surface area contributed by atoms with Gasteiger partial charge in [0.05, 0.1) is 0 Å². The standard InChI is InChI=1S/C33H35F/c1-3-5-7-9-26-10-12-27(13-11-26)14-15-28-18-22-32-30(24-28)21-23-31(33(32)34)29-19-16-25(17-20-29)8-6-4-2/h4,10-13,16-24H,2-3,5-9,14-15H2,1H3. The number of fused-ring (bicyclic) bond motifs is 1. The van der Waals surface area contributed by atoms with Crippen molar-refractivity contribution in [2.45, 2.75) is 58.3 Å². The number of hydrogen-bond acceptors (Lipinski definition) is 0. The van der Waals surface area contributed by atoms with Crippen LogP contribution in [-0.4, -0.2) is 0 Å². The predicted molar refractivity (Wildman–Crippen MR) is 145 cm³/mol. The molecule has 0 radical (unpaired) electrons. The van der Waals surface area contributed by atoms with Gasteiger partial charge in [0.2, 0.25) is 0 Å². The van der Waals surface area contributed by atoms with E-state index in [1.54, 1.807) is 0 Å². The van der Waals surface area contributed by atoms with Crippen molar-refractivity contribution in [3.05, 3.63) is 120 Å². The van der Waals surface area contributed by atoms with E-state index in [0.29, 0.717) is 10.9 Å². The molecule has 174 valence electrons. The first-order valence-electron chi connectivity index (χ1n) is 12.7. The molecule has 0 aliphatic carbocycles. The molecule has 0 fully saturated rings. The molecule has 0 nitrogen and oxygen atoms in total. The highest BCUT2D eigenvalue weighted by atomic mass is 19.1. The molecule has 0 saturated heterocycles. The lowest BCUT2D eigenvalue weighted by molar-refractivity contribution is 0.643. The Balaban J connectivity index is 1.43. The molecule has 4 rings (SSSR count). The molecule has 0 aliphatic heterocycles. The fourth-order valence-electron chi connectivity index (χ4n) is 4.58. The summed E-state index contributed by atoms with van der Waals surface area (Å²) in [5.41, 5.74) is 6.87. The third-order valence-corrected chi connectivity index (χ3v) is 6.71. The maximum absolute atomic E-state index is 15.4. The number of unbranched alkanes of at least 4 members (excludes halogenated alkanes) is 2. The van der Waals surface area contributed by atoms with Crippen LogP contribution in [0.25, 0.3) is 21.9 Å². The third-order valence-electron chi connectivity index (χ3n) is 6.71. The number of halogens is 1. The average molecular weight is 451 g/mol. The second-order valence-electron chi connectivity index (χ2n) is 9.28. The van der Waals surface area contributed by atoms with Gasteiger partial charge in [0.25, 0.3) is 0 Å². The van der Waals surface area contributed by atoms with Crippen LogP contribution < -0.4 is 0 Å². The van der Waals surface area contributed by atoms with Crippen LogP contribution in [0, 0.1) is 5.82 Å². The van der Waals surface area contributed by atoms with E-state index < -0.39 is 0 Å². The van der Waals surface area contributed by atoms with Crippen molar-refractivity contribution in [1.29, 1.82) is 0 Å². The van der Waals surface area contributed by atoms with Crippen molar-refractivity contribution >= 4 is 10.8 Å². The lowest BCUT2D eigenvalue weighted by atomic mass is 9.96. The summed E-state index contributed by atoms with van der Waals surface area (Å²) in [5.74, 6) is -0.137. The SMILES string of the molecule is C=CCCc1ccc(-c2ccc3cc(CCc4ccc(CCCCC)cc4)ccc3c2F)cc1. The van der Waals surface area contributed by atoms with Gasteiger partial charge in [-0.3, -0.25) is 0 Å². The van der Waals surface area contributed by atoms with Gasteiger partial charge in [-0.05, 0) is 71.7 Å². The van der Waals surface area contributed by atoms with E-state index in [4.69, 9.17) is 0 Å². The second kappa shape index (κ2) is 11.8. The van der Waals surface area contributed by atoms with Crippen molar-refractivity contribution in [1.82, 2.24) is 0 Å². The summed E-state index contributed by atoms with van der Waals surface area (Å²) in [5, 5.41) is 1.65. The minimum absolute atomic E-state index is 0.137. The molecule has 0 bridgehead atoms. The Morgan fingerprint density at radius 3 is 2.00 bits per heavy atom. The summed E-state index contributed by atoms with van der Waals surface area (Å²) in [6.07, 6.45) is 10.8.